The highest BCUT2D eigenvalue weighted by molar-refractivity contribution is 5.65. The summed E-state index contributed by atoms with van der Waals surface area (Å²) in [5, 5.41) is 0. The SMILES string of the molecule is CCCCCCCC=Cc1cc(-c2ncccn2)c(F)c(F)c1CCCCCC(C)F. The number of hydrogen-bond acceptors (Lipinski definition) is 2. The Bertz CT molecular complexity index is 804. The van der Waals surface area contributed by atoms with Gasteiger partial charge in [-0.05, 0) is 62.3 Å². The molecule has 0 saturated heterocycles. The summed E-state index contributed by atoms with van der Waals surface area (Å²) in [7, 11) is 0. The van der Waals surface area contributed by atoms with Crippen LogP contribution < -0.4 is 0 Å². The van der Waals surface area contributed by atoms with Crippen LogP contribution in [0.3, 0.4) is 0 Å². The van der Waals surface area contributed by atoms with Gasteiger partial charge in [0.1, 0.15) is 0 Å². The fraction of sp³-hybridized carbons (Fsp3) is 0.538. The molecule has 0 spiro atoms. The molecule has 0 fully saturated rings. The molecule has 2 nitrogen and oxygen atoms in total. The molecule has 1 aromatic carbocycles. The Hall–Kier alpha value is -2.17. The Morgan fingerprint density at radius 2 is 1.65 bits per heavy atom. The summed E-state index contributed by atoms with van der Waals surface area (Å²) in [6.45, 7) is 3.74. The van der Waals surface area contributed by atoms with Gasteiger partial charge in [0, 0.05) is 12.4 Å². The molecule has 1 heterocycles. The van der Waals surface area contributed by atoms with Crippen LogP contribution in [0.25, 0.3) is 17.5 Å². The summed E-state index contributed by atoms with van der Waals surface area (Å²) in [6.07, 6.45) is 16.2. The van der Waals surface area contributed by atoms with Crippen LogP contribution in [0.2, 0.25) is 0 Å². The van der Waals surface area contributed by atoms with Gasteiger partial charge in [-0.3, -0.25) is 0 Å². The molecule has 0 aliphatic heterocycles. The molecule has 31 heavy (non-hydrogen) atoms. The van der Waals surface area contributed by atoms with Gasteiger partial charge in [0.25, 0.3) is 0 Å². The highest BCUT2D eigenvalue weighted by Gasteiger charge is 2.19. The number of benzene rings is 1. The van der Waals surface area contributed by atoms with E-state index in [0.29, 0.717) is 30.4 Å². The fourth-order valence-electron chi connectivity index (χ4n) is 3.67. The van der Waals surface area contributed by atoms with E-state index in [9.17, 15) is 8.78 Å². The molecule has 0 amide bonds. The molecule has 2 aromatic rings. The molecule has 0 aliphatic carbocycles. The van der Waals surface area contributed by atoms with Gasteiger partial charge in [0.15, 0.2) is 17.5 Å². The lowest BCUT2D eigenvalue weighted by molar-refractivity contribution is 0.330. The lowest BCUT2D eigenvalue weighted by atomic mass is 9.96. The van der Waals surface area contributed by atoms with Crippen LogP contribution in [-0.4, -0.2) is 16.1 Å². The first-order chi connectivity index (χ1) is 15.0. The lowest BCUT2D eigenvalue weighted by Gasteiger charge is -2.12. The summed E-state index contributed by atoms with van der Waals surface area (Å²) in [4.78, 5) is 8.17. The van der Waals surface area contributed by atoms with Crippen molar-refractivity contribution in [2.24, 2.45) is 0 Å². The lowest BCUT2D eigenvalue weighted by Crippen LogP contribution is -2.03. The van der Waals surface area contributed by atoms with Crippen LogP contribution in [0.15, 0.2) is 30.6 Å². The predicted molar refractivity (Wildman–Crippen MR) is 123 cm³/mol. The number of halogens is 3. The van der Waals surface area contributed by atoms with Crippen molar-refractivity contribution in [3.63, 3.8) is 0 Å². The number of alkyl halides is 1. The van der Waals surface area contributed by atoms with E-state index in [-0.39, 0.29) is 11.4 Å². The second kappa shape index (κ2) is 14.0. The van der Waals surface area contributed by atoms with E-state index in [1.54, 1.807) is 19.1 Å². The molecule has 0 N–H and O–H groups in total. The van der Waals surface area contributed by atoms with Crippen molar-refractivity contribution in [2.75, 3.05) is 0 Å². The normalized spacial score (nSPS) is 12.5. The van der Waals surface area contributed by atoms with Crippen molar-refractivity contribution in [1.29, 1.82) is 0 Å². The molecular weight excluding hydrogens is 397 g/mol. The van der Waals surface area contributed by atoms with Gasteiger partial charge in [-0.15, -0.1) is 0 Å². The third-order valence-electron chi connectivity index (χ3n) is 5.45. The number of rotatable bonds is 14. The molecule has 0 aliphatic rings. The van der Waals surface area contributed by atoms with E-state index < -0.39 is 17.8 Å². The van der Waals surface area contributed by atoms with Gasteiger partial charge in [-0.1, -0.05) is 57.6 Å². The Kier molecular flexibility index (Phi) is 11.3. The van der Waals surface area contributed by atoms with Crippen molar-refractivity contribution in [3.05, 3.63) is 53.4 Å². The average Bonchev–Trinajstić information content (AvgIpc) is 2.77. The smallest absolute Gasteiger partial charge is 0.170 e. The summed E-state index contributed by atoms with van der Waals surface area (Å²) in [5.41, 5.74) is 1.14. The van der Waals surface area contributed by atoms with E-state index in [0.717, 1.165) is 25.7 Å². The Labute approximate surface area is 185 Å². The summed E-state index contributed by atoms with van der Waals surface area (Å²) in [5.74, 6) is -1.56. The minimum atomic E-state index is -0.907. The number of unbranched alkanes of at least 4 members (excludes halogenated alkanes) is 7. The van der Waals surface area contributed by atoms with Gasteiger partial charge in [0.2, 0.25) is 0 Å². The van der Waals surface area contributed by atoms with E-state index in [4.69, 9.17) is 0 Å². The standard InChI is InChI=1S/C26H35F3N2/c1-3-4-5-6-7-8-11-15-21-19-23(26-30-17-13-18-31-26)25(29)24(28)22(21)16-12-9-10-14-20(2)27/h11,13,15,17-20H,3-10,12,14,16H2,1-2H3. The first-order valence-corrected chi connectivity index (χ1v) is 11.6. The van der Waals surface area contributed by atoms with E-state index >= 15 is 4.39 Å². The van der Waals surface area contributed by atoms with Crippen LogP contribution in [0.5, 0.6) is 0 Å². The molecule has 0 radical (unpaired) electrons. The Morgan fingerprint density at radius 1 is 0.935 bits per heavy atom. The van der Waals surface area contributed by atoms with Crippen molar-refractivity contribution in [1.82, 2.24) is 9.97 Å². The first-order valence-electron chi connectivity index (χ1n) is 11.6. The fourth-order valence-corrected chi connectivity index (χ4v) is 3.67. The quantitative estimate of drug-likeness (QED) is 0.281. The van der Waals surface area contributed by atoms with Gasteiger partial charge < -0.3 is 0 Å². The van der Waals surface area contributed by atoms with Gasteiger partial charge >= 0.3 is 0 Å². The van der Waals surface area contributed by atoms with Gasteiger partial charge in [-0.2, -0.15) is 0 Å². The predicted octanol–water partition coefficient (Wildman–Crippen LogP) is 8.26. The van der Waals surface area contributed by atoms with Crippen LogP contribution in [0.4, 0.5) is 13.2 Å². The van der Waals surface area contributed by atoms with Gasteiger partial charge in [0.05, 0.1) is 11.7 Å². The molecule has 1 unspecified atom stereocenters. The van der Waals surface area contributed by atoms with E-state index in [1.165, 1.54) is 38.1 Å². The van der Waals surface area contributed by atoms with Crippen molar-refractivity contribution in [2.45, 2.75) is 90.6 Å². The number of nitrogens with zero attached hydrogens (tertiary/aromatic N) is 2. The number of allylic oxidation sites excluding steroid dienone is 1. The molecule has 0 saturated carbocycles. The minimum absolute atomic E-state index is 0.0794. The molecule has 170 valence electrons. The first kappa shape index (κ1) is 25.1. The van der Waals surface area contributed by atoms with Crippen molar-refractivity contribution < 1.29 is 13.2 Å². The van der Waals surface area contributed by atoms with Crippen molar-refractivity contribution >= 4 is 6.08 Å². The highest BCUT2D eigenvalue weighted by atomic mass is 19.2. The maximum absolute atomic E-state index is 15.0. The van der Waals surface area contributed by atoms with E-state index in [2.05, 4.69) is 16.9 Å². The van der Waals surface area contributed by atoms with Gasteiger partial charge in [-0.25, -0.2) is 23.1 Å². The van der Waals surface area contributed by atoms with Crippen LogP contribution in [0.1, 0.15) is 89.2 Å². The second-order valence-electron chi connectivity index (χ2n) is 8.18. The zero-order valence-corrected chi connectivity index (χ0v) is 18.8. The summed E-state index contributed by atoms with van der Waals surface area (Å²) < 4.78 is 42.9. The third kappa shape index (κ3) is 8.47. The number of hydrogen-bond donors (Lipinski definition) is 0. The topological polar surface area (TPSA) is 25.8 Å². The summed E-state index contributed by atoms with van der Waals surface area (Å²) >= 11 is 0. The average molecular weight is 433 g/mol. The number of aromatic nitrogens is 2. The minimum Gasteiger partial charge on any atom is -0.248 e. The molecular formula is C26H35F3N2. The van der Waals surface area contributed by atoms with Crippen LogP contribution in [-0.2, 0) is 6.42 Å². The maximum atomic E-state index is 15.0. The molecule has 1 aromatic heterocycles. The third-order valence-corrected chi connectivity index (χ3v) is 5.45. The molecule has 0 bridgehead atoms. The largest absolute Gasteiger partial charge is 0.248 e. The molecule has 1 atom stereocenters. The monoisotopic (exact) mass is 432 g/mol. The van der Waals surface area contributed by atoms with Crippen molar-refractivity contribution in [3.8, 4) is 11.4 Å². The second-order valence-corrected chi connectivity index (χ2v) is 8.18. The zero-order valence-electron chi connectivity index (χ0n) is 18.8. The summed E-state index contributed by atoms with van der Waals surface area (Å²) in [6, 6.07) is 3.30. The van der Waals surface area contributed by atoms with Crippen LogP contribution in [0, 0.1) is 11.6 Å². The van der Waals surface area contributed by atoms with E-state index in [1.807, 2.05) is 12.2 Å². The highest BCUT2D eigenvalue weighted by Crippen LogP contribution is 2.29. The maximum Gasteiger partial charge on any atom is 0.170 e. The van der Waals surface area contributed by atoms with Crippen LogP contribution >= 0.6 is 0 Å². The zero-order chi connectivity index (χ0) is 22.5. The Balaban J connectivity index is 2.17. The molecule has 2 rings (SSSR count). The Morgan fingerprint density at radius 3 is 2.35 bits per heavy atom. The molecule has 5 heteroatoms.